The minimum atomic E-state index is 0.865. The van der Waals surface area contributed by atoms with Gasteiger partial charge in [-0.15, -0.1) is 0 Å². The zero-order chi connectivity index (χ0) is 21.5. The number of halogens is 1. The molecule has 32 heavy (non-hydrogen) atoms. The van der Waals surface area contributed by atoms with Crippen LogP contribution in [0.25, 0.3) is 54.6 Å². The molecule has 2 heteroatoms. The van der Waals surface area contributed by atoms with E-state index in [1.807, 2.05) is 29.1 Å². The third-order valence-electron chi connectivity index (χ3n) is 6.20. The van der Waals surface area contributed by atoms with Gasteiger partial charge in [0, 0.05) is 0 Å². The molecule has 0 unspecified atom stereocenters. The van der Waals surface area contributed by atoms with Gasteiger partial charge in [0.15, 0.2) is 23.0 Å². The Morgan fingerprint density at radius 2 is 1.06 bits per heavy atom. The molecular weight excluding hydrogens is 503 g/mol. The second-order valence-electron chi connectivity index (χ2n) is 7.97. The molecule has 0 fully saturated rings. The van der Waals surface area contributed by atoms with Crippen molar-refractivity contribution in [1.82, 2.24) is 0 Å². The first kappa shape index (κ1) is 19.3. The Kier molecular flexibility index (Phi) is 4.80. The maximum atomic E-state index is 5.44. The van der Waals surface area contributed by atoms with Crippen molar-refractivity contribution < 1.29 is 3.07 Å². The van der Waals surface area contributed by atoms with Gasteiger partial charge >= 0.3 is 0 Å². The summed E-state index contributed by atoms with van der Waals surface area (Å²) >= 11 is 1.94. The van der Waals surface area contributed by atoms with E-state index < -0.39 is 0 Å². The lowest BCUT2D eigenvalue weighted by Crippen LogP contribution is -1.91. The standard InChI is InChI=1S/C30H19IO/c31-32-22-17-18-23-21(19-22)11-8-16-24(23)30-27-14-6-4-12-25(27)29(20-9-2-1-3-10-20)26-13-5-7-15-28(26)30/h1-19H. The van der Waals surface area contributed by atoms with Crippen molar-refractivity contribution in [2.45, 2.75) is 0 Å². The Morgan fingerprint density at radius 1 is 0.469 bits per heavy atom. The smallest absolute Gasteiger partial charge is 0.192 e. The van der Waals surface area contributed by atoms with Crippen LogP contribution in [0.2, 0.25) is 0 Å². The average Bonchev–Trinajstić information content (AvgIpc) is 2.87. The molecule has 0 saturated carbocycles. The maximum Gasteiger partial charge on any atom is 0.192 e. The molecule has 0 amide bonds. The van der Waals surface area contributed by atoms with Crippen molar-refractivity contribution >= 4 is 55.3 Å². The van der Waals surface area contributed by atoms with Crippen LogP contribution in [0.3, 0.4) is 0 Å². The SMILES string of the molecule is IOc1ccc2c(-c3c4ccccc4c(-c4ccccc4)c4ccccc34)cccc2c1. The van der Waals surface area contributed by atoms with Crippen molar-refractivity contribution in [1.29, 1.82) is 0 Å². The first-order chi connectivity index (χ1) is 15.8. The number of benzene rings is 6. The van der Waals surface area contributed by atoms with Crippen LogP contribution < -0.4 is 3.07 Å². The molecule has 152 valence electrons. The van der Waals surface area contributed by atoms with Crippen LogP contribution in [0.5, 0.6) is 5.75 Å². The largest absolute Gasteiger partial charge is 0.428 e. The summed E-state index contributed by atoms with van der Waals surface area (Å²) in [5.41, 5.74) is 5.06. The summed E-state index contributed by atoms with van der Waals surface area (Å²) in [5, 5.41) is 7.50. The summed E-state index contributed by atoms with van der Waals surface area (Å²) in [6.07, 6.45) is 0. The van der Waals surface area contributed by atoms with E-state index in [4.69, 9.17) is 3.07 Å². The predicted molar refractivity (Wildman–Crippen MR) is 144 cm³/mol. The Labute approximate surface area is 201 Å². The summed E-state index contributed by atoms with van der Waals surface area (Å²) in [4.78, 5) is 0. The molecule has 0 heterocycles. The van der Waals surface area contributed by atoms with Gasteiger partial charge in [-0.05, 0) is 66.7 Å². The van der Waals surface area contributed by atoms with Gasteiger partial charge in [0.1, 0.15) is 5.75 Å². The van der Waals surface area contributed by atoms with Crippen LogP contribution >= 0.6 is 23.0 Å². The molecule has 1 nitrogen and oxygen atoms in total. The van der Waals surface area contributed by atoms with E-state index in [0.29, 0.717) is 0 Å². The fourth-order valence-corrected chi connectivity index (χ4v) is 5.14. The Hall–Kier alpha value is -3.37. The molecule has 0 aromatic heterocycles. The summed E-state index contributed by atoms with van der Waals surface area (Å²) in [6, 6.07) is 41.1. The number of hydrogen-bond donors (Lipinski definition) is 0. The Bertz CT molecular complexity index is 1550. The number of rotatable bonds is 3. The van der Waals surface area contributed by atoms with Crippen LogP contribution in [0, 0.1) is 0 Å². The lowest BCUT2D eigenvalue weighted by molar-refractivity contribution is 0.718. The monoisotopic (exact) mass is 522 g/mol. The summed E-state index contributed by atoms with van der Waals surface area (Å²) < 4.78 is 5.44. The van der Waals surface area contributed by atoms with Crippen LogP contribution in [-0.4, -0.2) is 0 Å². The molecule has 0 aliphatic rings. The third kappa shape index (κ3) is 3.06. The van der Waals surface area contributed by atoms with Gasteiger partial charge in [0.2, 0.25) is 0 Å². The lowest BCUT2D eigenvalue weighted by Gasteiger charge is -2.18. The van der Waals surface area contributed by atoms with E-state index in [9.17, 15) is 0 Å². The highest BCUT2D eigenvalue weighted by molar-refractivity contribution is 14.1. The molecule has 0 saturated heterocycles. The van der Waals surface area contributed by atoms with Gasteiger partial charge in [-0.1, -0.05) is 103 Å². The predicted octanol–water partition coefficient (Wildman–Crippen LogP) is 9.21. The van der Waals surface area contributed by atoms with Gasteiger partial charge < -0.3 is 3.07 Å². The van der Waals surface area contributed by atoms with Gasteiger partial charge in [-0.3, -0.25) is 0 Å². The van der Waals surface area contributed by atoms with Gasteiger partial charge in [0.25, 0.3) is 0 Å². The zero-order valence-electron chi connectivity index (χ0n) is 17.3. The molecule has 0 atom stereocenters. The summed E-state index contributed by atoms with van der Waals surface area (Å²) in [5.74, 6) is 0.865. The van der Waals surface area contributed by atoms with Gasteiger partial charge in [-0.2, -0.15) is 0 Å². The average molecular weight is 522 g/mol. The topological polar surface area (TPSA) is 9.23 Å². The molecule has 0 aliphatic carbocycles. The second-order valence-corrected chi connectivity index (χ2v) is 8.41. The molecule has 6 aromatic carbocycles. The number of fused-ring (bicyclic) bond motifs is 3. The summed E-state index contributed by atoms with van der Waals surface area (Å²) in [6.45, 7) is 0. The highest BCUT2D eigenvalue weighted by atomic mass is 127. The maximum absolute atomic E-state index is 5.44. The van der Waals surface area contributed by atoms with Crippen LogP contribution in [0.1, 0.15) is 0 Å². The number of hydrogen-bond acceptors (Lipinski definition) is 1. The van der Waals surface area contributed by atoms with Crippen molar-refractivity contribution in [3.63, 3.8) is 0 Å². The second kappa shape index (κ2) is 7.95. The molecule has 0 radical (unpaired) electrons. The van der Waals surface area contributed by atoms with E-state index >= 15 is 0 Å². The van der Waals surface area contributed by atoms with Crippen molar-refractivity contribution in [2.75, 3.05) is 0 Å². The Balaban J connectivity index is 1.80. The highest BCUT2D eigenvalue weighted by Gasteiger charge is 2.17. The van der Waals surface area contributed by atoms with E-state index in [1.165, 1.54) is 54.6 Å². The van der Waals surface area contributed by atoms with E-state index in [2.05, 4.69) is 109 Å². The summed E-state index contributed by atoms with van der Waals surface area (Å²) in [7, 11) is 0. The fourth-order valence-electron chi connectivity index (χ4n) is 4.86. The van der Waals surface area contributed by atoms with Crippen LogP contribution in [0.4, 0.5) is 0 Å². The Morgan fingerprint density at radius 3 is 1.69 bits per heavy atom. The molecule has 0 aliphatic heterocycles. The fraction of sp³-hybridized carbons (Fsp3) is 0. The highest BCUT2D eigenvalue weighted by Crippen LogP contribution is 2.45. The first-order valence-corrected chi connectivity index (χ1v) is 11.5. The molecule has 6 rings (SSSR count). The van der Waals surface area contributed by atoms with Crippen LogP contribution in [0.15, 0.2) is 115 Å². The van der Waals surface area contributed by atoms with E-state index in [-0.39, 0.29) is 0 Å². The zero-order valence-corrected chi connectivity index (χ0v) is 19.4. The van der Waals surface area contributed by atoms with Crippen molar-refractivity contribution in [3.05, 3.63) is 115 Å². The lowest BCUT2D eigenvalue weighted by atomic mass is 9.85. The molecule has 0 N–H and O–H groups in total. The van der Waals surface area contributed by atoms with Crippen LogP contribution in [-0.2, 0) is 0 Å². The minimum Gasteiger partial charge on any atom is -0.428 e. The molecule has 0 bridgehead atoms. The molecule has 0 spiro atoms. The van der Waals surface area contributed by atoms with Crippen molar-refractivity contribution in [2.24, 2.45) is 0 Å². The normalized spacial score (nSPS) is 11.3. The quantitative estimate of drug-likeness (QED) is 0.166. The third-order valence-corrected chi connectivity index (χ3v) is 6.71. The minimum absolute atomic E-state index is 0.865. The van der Waals surface area contributed by atoms with Crippen molar-refractivity contribution in [3.8, 4) is 28.0 Å². The van der Waals surface area contributed by atoms with E-state index in [0.717, 1.165) is 5.75 Å². The first-order valence-electron chi connectivity index (χ1n) is 10.7. The van der Waals surface area contributed by atoms with Gasteiger partial charge in [-0.25, -0.2) is 0 Å². The van der Waals surface area contributed by atoms with Gasteiger partial charge in [0.05, 0.1) is 0 Å². The molecular formula is C30H19IO. The molecule has 6 aromatic rings. The van der Waals surface area contributed by atoms with E-state index in [1.54, 1.807) is 0 Å².